The fraction of sp³-hybridized carbons (Fsp3) is 0.267. The van der Waals surface area contributed by atoms with Crippen LogP contribution in [0, 0.1) is 0 Å². The van der Waals surface area contributed by atoms with Crippen LogP contribution in [0.5, 0.6) is 0 Å². The number of nitrogens with zero attached hydrogens (tertiary/aromatic N) is 1. The molecule has 112 valence electrons. The summed E-state index contributed by atoms with van der Waals surface area (Å²) in [5, 5.41) is 3.02. The molecule has 0 saturated heterocycles. The molecule has 1 heterocycles. The van der Waals surface area contributed by atoms with Gasteiger partial charge >= 0.3 is 0 Å². The normalized spacial score (nSPS) is 11.5. The second-order valence-corrected chi connectivity index (χ2v) is 6.41. The maximum Gasteiger partial charge on any atom is 0.240 e. The number of pyridine rings is 1. The highest BCUT2D eigenvalue weighted by atomic mass is 32.2. The van der Waals surface area contributed by atoms with Crippen LogP contribution < -0.4 is 10.0 Å². The van der Waals surface area contributed by atoms with Gasteiger partial charge in [-0.25, -0.2) is 13.1 Å². The fourth-order valence-corrected chi connectivity index (χ4v) is 2.97. The molecule has 2 rings (SSSR count). The predicted molar refractivity (Wildman–Crippen MR) is 82.3 cm³/mol. The smallest absolute Gasteiger partial charge is 0.240 e. The highest BCUT2D eigenvalue weighted by Crippen LogP contribution is 2.10. The third-order valence-corrected chi connectivity index (χ3v) is 4.49. The Morgan fingerprint density at radius 1 is 1.10 bits per heavy atom. The molecule has 0 radical (unpaired) electrons. The molecule has 5 nitrogen and oxygen atoms in total. The second kappa shape index (κ2) is 7.31. The minimum Gasteiger partial charge on any atom is -0.316 e. The minimum atomic E-state index is -3.46. The van der Waals surface area contributed by atoms with Gasteiger partial charge in [0.2, 0.25) is 10.0 Å². The molecule has 0 atom stereocenters. The van der Waals surface area contributed by atoms with E-state index in [4.69, 9.17) is 0 Å². The van der Waals surface area contributed by atoms with Crippen LogP contribution in [0.3, 0.4) is 0 Å². The summed E-state index contributed by atoms with van der Waals surface area (Å²) in [6, 6.07) is 12.5. The number of benzene rings is 1. The van der Waals surface area contributed by atoms with Gasteiger partial charge in [-0.15, -0.1) is 0 Å². The van der Waals surface area contributed by atoms with Gasteiger partial charge in [-0.05, 0) is 36.9 Å². The molecule has 1 aromatic carbocycles. The molecule has 0 aliphatic rings. The molecule has 6 heteroatoms. The van der Waals surface area contributed by atoms with Gasteiger partial charge in [0.1, 0.15) is 0 Å². The van der Waals surface area contributed by atoms with Crippen LogP contribution in [-0.4, -0.2) is 27.0 Å². The summed E-state index contributed by atoms with van der Waals surface area (Å²) in [6.45, 7) is 1.05. The van der Waals surface area contributed by atoms with E-state index in [1.54, 1.807) is 18.3 Å². The van der Waals surface area contributed by atoms with E-state index in [0.29, 0.717) is 19.5 Å². The Morgan fingerprint density at radius 2 is 1.86 bits per heavy atom. The van der Waals surface area contributed by atoms with Gasteiger partial charge in [0.25, 0.3) is 0 Å². The molecule has 2 N–H and O–H groups in total. The van der Waals surface area contributed by atoms with Crippen molar-refractivity contribution in [2.45, 2.75) is 17.9 Å². The first kappa shape index (κ1) is 15.6. The molecule has 0 unspecified atom stereocenters. The van der Waals surface area contributed by atoms with E-state index >= 15 is 0 Å². The van der Waals surface area contributed by atoms with E-state index in [-0.39, 0.29) is 4.90 Å². The third-order valence-electron chi connectivity index (χ3n) is 3.01. The van der Waals surface area contributed by atoms with Crippen molar-refractivity contribution >= 4 is 10.0 Å². The molecule has 0 aliphatic heterocycles. The van der Waals surface area contributed by atoms with Crippen LogP contribution in [0.1, 0.15) is 11.3 Å². The van der Waals surface area contributed by atoms with E-state index in [2.05, 4.69) is 15.0 Å². The Balaban J connectivity index is 1.95. The van der Waals surface area contributed by atoms with E-state index in [9.17, 15) is 8.42 Å². The van der Waals surface area contributed by atoms with Crippen molar-refractivity contribution in [3.05, 3.63) is 59.9 Å². The average molecular weight is 305 g/mol. The lowest BCUT2D eigenvalue weighted by atomic mass is 10.2. The zero-order valence-corrected chi connectivity index (χ0v) is 12.7. The van der Waals surface area contributed by atoms with Gasteiger partial charge in [-0.2, -0.15) is 0 Å². The molecule has 0 saturated carbocycles. The van der Waals surface area contributed by atoms with Crippen LogP contribution in [0.4, 0.5) is 0 Å². The minimum absolute atomic E-state index is 0.281. The lowest BCUT2D eigenvalue weighted by Gasteiger charge is -2.07. The first-order valence-corrected chi connectivity index (χ1v) is 8.23. The van der Waals surface area contributed by atoms with Crippen LogP contribution in [0.15, 0.2) is 53.6 Å². The molecule has 1 aromatic heterocycles. The molecule has 2 aromatic rings. The van der Waals surface area contributed by atoms with Crippen molar-refractivity contribution in [3.63, 3.8) is 0 Å². The molecule has 0 amide bonds. The average Bonchev–Trinajstić information content (AvgIpc) is 2.49. The van der Waals surface area contributed by atoms with E-state index in [0.717, 1.165) is 11.3 Å². The van der Waals surface area contributed by atoms with Crippen LogP contribution >= 0.6 is 0 Å². The van der Waals surface area contributed by atoms with Crippen LogP contribution in [0.2, 0.25) is 0 Å². The molecule has 0 fully saturated rings. The van der Waals surface area contributed by atoms with Crippen molar-refractivity contribution in [2.75, 3.05) is 13.6 Å². The van der Waals surface area contributed by atoms with Gasteiger partial charge in [0.15, 0.2) is 0 Å². The molecule has 21 heavy (non-hydrogen) atoms. The quantitative estimate of drug-likeness (QED) is 0.809. The molecular weight excluding hydrogens is 286 g/mol. The van der Waals surface area contributed by atoms with Crippen molar-refractivity contribution in [1.29, 1.82) is 0 Å². The summed E-state index contributed by atoms with van der Waals surface area (Å²) in [5.41, 5.74) is 1.91. The highest BCUT2D eigenvalue weighted by molar-refractivity contribution is 7.89. The summed E-state index contributed by atoms with van der Waals surface area (Å²) in [5.74, 6) is 0. The van der Waals surface area contributed by atoms with Gasteiger partial charge in [-0.3, -0.25) is 4.98 Å². The Bertz CT molecular complexity index is 655. The first-order valence-electron chi connectivity index (χ1n) is 6.75. The van der Waals surface area contributed by atoms with E-state index in [1.807, 2.05) is 37.4 Å². The van der Waals surface area contributed by atoms with Gasteiger partial charge in [0.05, 0.1) is 4.90 Å². The maximum absolute atomic E-state index is 12.1. The second-order valence-electron chi connectivity index (χ2n) is 4.64. The fourth-order valence-electron chi connectivity index (χ4n) is 1.93. The Kier molecular flexibility index (Phi) is 5.44. The topological polar surface area (TPSA) is 71.1 Å². The lowest BCUT2D eigenvalue weighted by Crippen LogP contribution is -2.26. The van der Waals surface area contributed by atoms with E-state index < -0.39 is 10.0 Å². The zero-order chi connectivity index (χ0) is 15.1. The van der Waals surface area contributed by atoms with Crippen LogP contribution in [0.25, 0.3) is 0 Å². The number of aromatic nitrogens is 1. The van der Waals surface area contributed by atoms with Gasteiger partial charge in [0, 0.05) is 31.4 Å². The number of sulfonamides is 1. The largest absolute Gasteiger partial charge is 0.316 e. The van der Waals surface area contributed by atoms with Gasteiger partial charge < -0.3 is 5.32 Å². The SMILES string of the molecule is CNCc1ccc(S(=O)(=O)NCCc2ccccn2)cc1. The van der Waals surface area contributed by atoms with Crippen molar-refractivity contribution in [2.24, 2.45) is 0 Å². The van der Waals surface area contributed by atoms with Crippen molar-refractivity contribution in [3.8, 4) is 0 Å². The van der Waals surface area contributed by atoms with Gasteiger partial charge in [-0.1, -0.05) is 18.2 Å². The Labute approximate surface area is 125 Å². The number of rotatable bonds is 7. The summed E-state index contributed by atoms with van der Waals surface area (Å²) in [7, 11) is -1.61. The third kappa shape index (κ3) is 4.63. The predicted octanol–water partition coefficient (Wildman–Crippen LogP) is 1.32. The number of hydrogen-bond donors (Lipinski definition) is 2. The number of nitrogens with one attached hydrogen (secondary N) is 2. The van der Waals surface area contributed by atoms with Crippen LogP contribution in [-0.2, 0) is 23.0 Å². The first-order chi connectivity index (χ1) is 10.1. The monoisotopic (exact) mass is 305 g/mol. The summed E-state index contributed by atoms with van der Waals surface area (Å²) in [6.07, 6.45) is 2.27. The molecular formula is C15H19N3O2S. The number of hydrogen-bond acceptors (Lipinski definition) is 4. The highest BCUT2D eigenvalue weighted by Gasteiger charge is 2.13. The van der Waals surface area contributed by atoms with Crippen molar-refractivity contribution < 1.29 is 8.42 Å². The Hall–Kier alpha value is -1.76. The summed E-state index contributed by atoms with van der Waals surface area (Å²) in [4.78, 5) is 4.44. The summed E-state index contributed by atoms with van der Waals surface area (Å²) < 4.78 is 26.9. The van der Waals surface area contributed by atoms with Crippen molar-refractivity contribution in [1.82, 2.24) is 15.0 Å². The lowest BCUT2D eigenvalue weighted by molar-refractivity contribution is 0.581. The molecule has 0 spiro atoms. The maximum atomic E-state index is 12.1. The Morgan fingerprint density at radius 3 is 2.48 bits per heavy atom. The molecule has 0 bridgehead atoms. The standard InChI is InChI=1S/C15H19N3O2S/c1-16-12-13-5-7-15(8-6-13)21(19,20)18-11-9-14-4-2-3-10-17-14/h2-8,10,16,18H,9,11-12H2,1H3. The summed E-state index contributed by atoms with van der Waals surface area (Å²) >= 11 is 0. The van der Waals surface area contributed by atoms with E-state index in [1.165, 1.54) is 0 Å². The zero-order valence-electron chi connectivity index (χ0n) is 11.9. The molecule has 0 aliphatic carbocycles.